The lowest BCUT2D eigenvalue weighted by atomic mass is 9.76. The molecule has 0 spiro atoms. The summed E-state index contributed by atoms with van der Waals surface area (Å²) in [5.74, 6) is -0.787. The molecule has 4 heteroatoms. The fraction of sp³-hybridized carbons (Fsp3) is 0.538. The van der Waals surface area contributed by atoms with Crippen molar-refractivity contribution < 1.29 is 13.5 Å². The van der Waals surface area contributed by atoms with Gasteiger partial charge in [0.1, 0.15) is 11.6 Å². The molecule has 1 nitrogen and oxygen atoms in total. The minimum Gasteiger partial charge on any atom is -0.378 e. The molecule has 0 aliphatic heterocycles. The standard InChI is InChI=1S/C13H15BrF2O/c1-17-13(5-2-6-13)8-11(14)10-7-9(15)3-4-12(10)16/h3-4,7,11H,2,5-6,8H2,1H3. The van der Waals surface area contributed by atoms with E-state index in [1.54, 1.807) is 7.11 Å². The number of rotatable bonds is 4. The van der Waals surface area contributed by atoms with Crippen LogP contribution >= 0.6 is 15.9 Å². The Morgan fingerprint density at radius 2 is 2.12 bits per heavy atom. The minimum absolute atomic E-state index is 0.160. The number of halogens is 3. The molecule has 1 fully saturated rings. The second kappa shape index (κ2) is 5.02. The van der Waals surface area contributed by atoms with Crippen molar-refractivity contribution in [3.63, 3.8) is 0 Å². The van der Waals surface area contributed by atoms with E-state index in [1.807, 2.05) is 0 Å². The SMILES string of the molecule is COC1(CC(Br)c2cc(F)ccc2F)CCC1. The summed E-state index contributed by atoms with van der Waals surface area (Å²) in [5, 5.41) is 0. The number of ether oxygens (including phenoxy) is 1. The van der Waals surface area contributed by atoms with Crippen LogP contribution in [0.1, 0.15) is 36.1 Å². The van der Waals surface area contributed by atoms with Gasteiger partial charge in [0.15, 0.2) is 0 Å². The highest BCUT2D eigenvalue weighted by molar-refractivity contribution is 9.09. The first-order valence-electron chi connectivity index (χ1n) is 5.70. The molecule has 0 N–H and O–H groups in total. The van der Waals surface area contributed by atoms with Crippen molar-refractivity contribution in [1.29, 1.82) is 0 Å². The molecule has 1 aliphatic rings. The third-order valence-corrected chi connectivity index (χ3v) is 4.36. The Morgan fingerprint density at radius 1 is 1.41 bits per heavy atom. The molecule has 0 aromatic heterocycles. The van der Waals surface area contributed by atoms with Crippen LogP contribution in [0.15, 0.2) is 18.2 Å². The van der Waals surface area contributed by atoms with Gasteiger partial charge < -0.3 is 4.74 Å². The van der Waals surface area contributed by atoms with Crippen molar-refractivity contribution in [1.82, 2.24) is 0 Å². The smallest absolute Gasteiger partial charge is 0.127 e. The third kappa shape index (κ3) is 2.68. The van der Waals surface area contributed by atoms with E-state index in [1.165, 1.54) is 12.1 Å². The molecule has 1 atom stereocenters. The highest BCUT2D eigenvalue weighted by Gasteiger charge is 2.39. The Labute approximate surface area is 108 Å². The van der Waals surface area contributed by atoms with Crippen LogP contribution in [0, 0.1) is 11.6 Å². The molecule has 0 saturated heterocycles. The summed E-state index contributed by atoms with van der Waals surface area (Å²) in [7, 11) is 1.68. The lowest BCUT2D eigenvalue weighted by molar-refractivity contribution is -0.0774. The normalized spacial score (nSPS) is 19.8. The van der Waals surface area contributed by atoms with Gasteiger partial charge in [-0.05, 0) is 43.9 Å². The number of alkyl halides is 1. The summed E-state index contributed by atoms with van der Waals surface area (Å²) in [6, 6.07) is 3.55. The van der Waals surface area contributed by atoms with Crippen molar-refractivity contribution in [2.24, 2.45) is 0 Å². The number of hydrogen-bond donors (Lipinski definition) is 0. The molecule has 0 heterocycles. The van der Waals surface area contributed by atoms with Crippen LogP contribution in [0.5, 0.6) is 0 Å². The largest absolute Gasteiger partial charge is 0.378 e. The van der Waals surface area contributed by atoms with Crippen LogP contribution in [-0.2, 0) is 4.74 Å². The van der Waals surface area contributed by atoms with Gasteiger partial charge in [-0.1, -0.05) is 15.9 Å². The van der Waals surface area contributed by atoms with Crippen molar-refractivity contribution in [2.75, 3.05) is 7.11 Å². The van der Waals surface area contributed by atoms with Gasteiger partial charge in [0.2, 0.25) is 0 Å². The Balaban J connectivity index is 2.13. The molecular formula is C13H15BrF2O. The first-order valence-corrected chi connectivity index (χ1v) is 6.62. The lowest BCUT2D eigenvalue weighted by Crippen LogP contribution is -2.39. The average molecular weight is 305 g/mol. The zero-order valence-electron chi connectivity index (χ0n) is 9.68. The van der Waals surface area contributed by atoms with E-state index in [0.29, 0.717) is 12.0 Å². The first-order chi connectivity index (χ1) is 8.06. The van der Waals surface area contributed by atoms with E-state index in [-0.39, 0.29) is 16.2 Å². The van der Waals surface area contributed by atoms with E-state index in [9.17, 15) is 8.78 Å². The van der Waals surface area contributed by atoms with Crippen LogP contribution in [0.3, 0.4) is 0 Å². The molecular weight excluding hydrogens is 290 g/mol. The zero-order valence-corrected chi connectivity index (χ0v) is 11.3. The number of methoxy groups -OCH3 is 1. The molecule has 2 rings (SSSR count). The maximum Gasteiger partial charge on any atom is 0.127 e. The highest BCUT2D eigenvalue weighted by Crippen LogP contribution is 2.44. The molecule has 17 heavy (non-hydrogen) atoms. The van der Waals surface area contributed by atoms with Gasteiger partial charge in [0, 0.05) is 17.5 Å². The van der Waals surface area contributed by atoms with E-state index in [4.69, 9.17) is 4.74 Å². The van der Waals surface area contributed by atoms with Crippen molar-refractivity contribution in [3.05, 3.63) is 35.4 Å². The Bertz CT molecular complexity index is 399. The van der Waals surface area contributed by atoms with Crippen LogP contribution in [-0.4, -0.2) is 12.7 Å². The molecule has 1 aliphatic carbocycles. The molecule has 1 aromatic rings. The monoisotopic (exact) mass is 304 g/mol. The summed E-state index contributed by atoms with van der Waals surface area (Å²) >= 11 is 3.44. The zero-order chi connectivity index (χ0) is 12.5. The fourth-order valence-corrected chi connectivity index (χ4v) is 3.19. The van der Waals surface area contributed by atoms with Crippen molar-refractivity contribution >= 4 is 15.9 Å². The maximum absolute atomic E-state index is 13.6. The molecule has 94 valence electrons. The van der Waals surface area contributed by atoms with Crippen LogP contribution in [0.25, 0.3) is 0 Å². The van der Waals surface area contributed by atoms with Crippen molar-refractivity contribution in [2.45, 2.75) is 36.1 Å². The number of hydrogen-bond acceptors (Lipinski definition) is 1. The fourth-order valence-electron chi connectivity index (χ4n) is 2.25. The first kappa shape index (κ1) is 13.0. The summed E-state index contributed by atoms with van der Waals surface area (Å²) in [4.78, 5) is -0.210. The predicted molar refractivity (Wildman–Crippen MR) is 66.2 cm³/mol. The van der Waals surface area contributed by atoms with Crippen LogP contribution in [0.4, 0.5) is 8.78 Å². The molecule has 1 aromatic carbocycles. The molecule has 0 bridgehead atoms. The molecule has 1 unspecified atom stereocenters. The van der Waals surface area contributed by atoms with Gasteiger partial charge in [-0.25, -0.2) is 8.78 Å². The summed E-state index contributed by atoms with van der Waals surface area (Å²) < 4.78 is 32.2. The quantitative estimate of drug-likeness (QED) is 0.751. The van der Waals surface area contributed by atoms with E-state index in [2.05, 4.69) is 15.9 Å². The average Bonchev–Trinajstić information content (AvgIpc) is 2.26. The number of benzene rings is 1. The van der Waals surface area contributed by atoms with E-state index < -0.39 is 5.82 Å². The second-order valence-corrected chi connectivity index (χ2v) is 5.68. The maximum atomic E-state index is 13.6. The Morgan fingerprint density at radius 3 is 2.65 bits per heavy atom. The van der Waals surface area contributed by atoms with Crippen LogP contribution < -0.4 is 0 Å². The van der Waals surface area contributed by atoms with E-state index in [0.717, 1.165) is 25.3 Å². The highest BCUT2D eigenvalue weighted by atomic mass is 79.9. The van der Waals surface area contributed by atoms with Gasteiger partial charge in [-0.15, -0.1) is 0 Å². The summed E-state index contributed by atoms with van der Waals surface area (Å²) in [6.07, 6.45) is 3.79. The van der Waals surface area contributed by atoms with E-state index >= 15 is 0 Å². The van der Waals surface area contributed by atoms with Gasteiger partial charge in [0.25, 0.3) is 0 Å². The topological polar surface area (TPSA) is 9.23 Å². The van der Waals surface area contributed by atoms with Crippen LogP contribution in [0.2, 0.25) is 0 Å². The lowest BCUT2D eigenvalue weighted by Gasteiger charge is -2.42. The third-order valence-electron chi connectivity index (χ3n) is 3.54. The van der Waals surface area contributed by atoms with Crippen molar-refractivity contribution in [3.8, 4) is 0 Å². The molecule has 1 saturated carbocycles. The van der Waals surface area contributed by atoms with Gasteiger partial charge in [-0.3, -0.25) is 0 Å². The molecule has 0 radical (unpaired) electrons. The predicted octanol–water partition coefficient (Wildman–Crippen LogP) is 4.36. The summed E-state index contributed by atoms with van der Waals surface area (Å²) in [6.45, 7) is 0. The van der Waals surface area contributed by atoms with Gasteiger partial charge >= 0.3 is 0 Å². The Kier molecular flexibility index (Phi) is 3.83. The minimum atomic E-state index is -0.411. The summed E-state index contributed by atoms with van der Waals surface area (Å²) in [5.41, 5.74) is 0.209. The Hall–Kier alpha value is -0.480. The molecule has 0 amide bonds. The van der Waals surface area contributed by atoms with Gasteiger partial charge in [0.05, 0.1) is 5.60 Å². The van der Waals surface area contributed by atoms with Gasteiger partial charge in [-0.2, -0.15) is 0 Å². The second-order valence-electron chi connectivity index (χ2n) is 4.58.